The number of methoxy groups -OCH3 is 1. The van der Waals surface area contributed by atoms with E-state index in [0.717, 1.165) is 64.5 Å². The molecule has 1 aliphatic carbocycles. The van der Waals surface area contributed by atoms with Crippen molar-refractivity contribution in [3.63, 3.8) is 0 Å². The molecule has 2 aromatic heterocycles. The minimum Gasteiger partial charge on any atom is -0.497 e. The van der Waals surface area contributed by atoms with Gasteiger partial charge in [-0.2, -0.15) is 0 Å². The average molecular weight is 516 g/mol. The van der Waals surface area contributed by atoms with Gasteiger partial charge in [-0.25, -0.2) is 4.79 Å². The van der Waals surface area contributed by atoms with E-state index in [9.17, 15) is 14.7 Å². The molecule has 2 atom stereocenters. The van der Waals surface area contributed by atoms with Gasteiger partial charge in [-0.15, -0.1) is 0 Å². The lowest BCUT2D eigenvalue weighted by atomic mass is 9.71. The van der Waals surface area contributed by atoms with Crippen LogP contribution in [-0.4, -0.2) is 41.7 Å². The number of carbonyl (C=O) groups is 1. The molecular formula is C31H33NO6. The summed E-state index contributed by atoms with van der Waals surface area (Å²) < 4.78 is 17.0. The molecule has 38 heavy (non-hydrogen) atoms. The van der Waals surface area contributed by atoms with E-state index in [-0.39, 0.29) is 18.2 Å². The Kier molecular flexibility index (Phi) is 6.06. The topological polar surface area (TPSA) is 93.1 Å². The molecule has 7 heteroatoms. The number of aliphatic hydroxyl groups is 1. The zero-order chi connectivity index (χ0) is 26.6. The molecule has 7 nitrogen and oxygen atoms in total. The molecular weight excluding hydrogens is 482 g/mol. The fourth-order valence-corrected chi connectivity index (χ4v) is 6.46. The van der Waals surface area contributed by atoms with Crippen LogP contribution in [0.4, 0.5) is 0 Å². The molecule has 2 aromatic carbocycles. The second-order valence-electron chi connectivity index (χ2n) is 10.9. The summed E-state index contributed by atoms with van der Waals surface area (Å²) in [5.41, 5.74) is 3.83. The van der Waals surface area contributed by atoms with Crippen LogP contribution in [-0.2, 0) is 11.2 Å². The first-order valence-electron chi connectivity index (χ1n) is 13.4. The zero-order valence-electron chi connectivity index (χ0n) is 22.1. The number of carbonyl (C=O) groups excluding carboxylic acids is 1. The van der Waals surface area contributed by atoms with E-state index < -0.39 is 11.2 Å². The minimum atomic E-state index is -0.651. The molecule has 1 aliphatic heterocycles. The smallest absolute Gasteiger partial charge is 0.340 e. The van der Waals surface area contributed by atoms with Crippen molar-refractivity contribution in [2.75, 3.05) is 20.2 Å². The summed E-state index contributed by atoms with van der Waals surface area (Å²) in [6, 6.07) is 9.78. The molecule has 0 radical (unpaired) electrons. The van der Waals surface area contributed by atoms with Crippen LogP contribution >= 0.6 is 0 Å². The summed E-state index contributed by atoms with van der Waals surface area (Å²) in [5.74, 6) is 0.792. The number of amides is 1. The summed E-state index contributed by atoms with van der Waals surface area (Å²) in [7, 11) is 1.64. The highest BCUT2D eigenvalue weighted by Gasteiger charge is 2.43. The van der Waals surface area contributed by atoms with Crippen molar-refractivity contribution in [1.29, 1.82) is 0 Å². The van der Waals surface area contributed by atoms with E-state index in [4.69, 9.17) is 13.6 Å². The van der Waals surface area contributed by atoms with Crippen LogP contribution in [0.2, 0.25) is 0 Å². The average Bonchev–Trinajstić information content (AvgIpc) is 3.35. The molecule has 0 bridgehead atoms. The molecule has 2 aliphatic rings. The first-order valence-corrected chi connectivity index (χ1v) is 13.4. The number of ether oxygens (including phenoxy) is 1. The molecule has 1 N–H and O–H groups in total. The van der Waals surface area contributed by atoms with Crippen LogP contribution in [0.3, 0.4) is 0 Å². The predicted molar refractivity (Wildman–Crippen MR) is 146 cm³/mol. The van der Waals surface area contributed by atoms with Crippen molar-refractivity contribution in [3.8, 4) is 16.9 Å². The summed E-state index contributed by atoms with van der Waals surface area (Å²) in [6.45, 7) is 4.84. The zero-order valence-corrected chi connectivity index (χ0v) is 22.1. The summed E-state index contributed by atoms with van der Waals surface area (Å²) in [4.78, 5) is 28.3. The number of benzene rings is 2. The number of piperidine rings is 1. The SMILES string of the molecule is COc1ccc(-c2coc3c(C)c4oc(=O)c(CC(=O)N5CC[C@@]6(O)CCCC[C@H]6C5)c(C)c4cc23)cc1. The summed E-state index contributed by atoms with van der Waals surface area (Å²) in [6.07, 6.45) is 6.19. The maximum atomic E-state index is 13.4. The Labute approximate surface area is 221 Å². The normalized spacial score (nSPS) is 21.6. The molecule has 0 unspecified atom stereocenters. The number of hydrogen-bond donors (Lipinski definition) is 1. The van der Waals surface area contributed by atoms with E-state index in [1.165, 1.54) is 0 Å². The third-order valence-corrected chi connectivity index (χ3v) is 8.85. The van der Waals surface area contributed by atoms with Gasteiger partial charge in [0.05, 0.1) is 31.0 Å². The third-order valence-electron chi connectivity index (χ3n) is 8.85. The van der Waals surface area contributed by atoms with Crippen LogP contribution in [0.5, 0.6) is 5.75 Å². The van der Waals surface area contributed by atoms with E-state index in [1.807, 2.05) is 49.1 Å². The molecule has 0 spiro atoms. The van der Waals surface area contributed by atoms with Crippen LogP contribution in [0, 0.1) is 19.8 Å². The van der Waals surface area contributed by atoms with Gasteiger partial charge in [0.2, 0.25) is 5.91 Å². The van der Waals surface area contributed by atoms with Crippen LogP contribution in [0.15, 0.2) is 50.2 Å². The van der Waals surface area contributed by atoms with Gasteiger partial charge in [-0.05, 0) is 62.4 Å². The Hall–Kier alpha value is -3.58. The monoisotopic (exact) mass is 515 g/mol. The number of hydrogen-bond acceptors (Lipinski definition) is 6. The number of fused-ring (bicyclic) bond motifs is 3. The van der Waals surface area contributed by atoms with Crippen molar-refractivity contribution in [1.82, 2.24) is 4.90 Å². The lowest BCUT2D eigenvalue weighted by Gasteiger charge is -2.47. The number of rotatable bonds is 4. The highest BCUT2D eigenvalue weighted by atomic mass is 16.5. The standard InChI is InChI=1S/C31H33NO6/c1-18-23-14-25-26(20-7-9-22(36-3)10-8-20)17-37-28(25)19(2)29(23)38-30(34)24(18)15-27(33)32-13-12-31(35)11-5-4-6-21(31)16-32/h7-10,14,17,21,35H,4-6,11-13,15-16H2,1-3H3/t21-,31-/m0/s1. The lowest BCUT2D eigenvalue weighted by molar-refractivity contribution is -0.142. The van der Waals surface area contributed by atoms with Crippen LogP contribution < -0.4 is 10.4 Å². The van der Waals surface area contributed by atoms with E-state index in [1.54, 1.807) is 13.4 Å². The summed E-state index contributed by atoms with van der Waals surface area (Å²) in [5, 5.41) is 12.7. The first kappa shape index (κ1) is 24.7. The molecule has 1 amide bonds. The Morgan fingerprint density at radius 2 is 1.89 bits per heavy atom. The molecule has 3 heterocycles. The van der Waals surface area contributed by atoms with E-state index in [2.05, 4.69) is 0 Å². The Morgan fingerprint density at radius 3 is 2.66 bits per heavy atom. The highest BCUT2D eigenvalue weighted by molar-refractivity contribution is 6.05. The number of furan rings is 1. The van der Waals surface area contributed by atoms with Crippen LogP contribution in [0.25, 0.3) is 33.1 Å². The second-order valence-corrected chi connectivity index (χ2v) is 10.9. The lowest BCUT2D eigenvalue weighted by Crippen LogP contribution is -2.55. The molecule has 1 saturated carbocycles. The van der Waals surface area contributed by atoms with Gasteiger partial charge < -0.3 is 23.6 Å². The predicted octanol–water partition coefficient (Wildman–Crippen LogP) is 5.53. The van der Waals surface area contributed by atoms with Crippen LogP contribution in [0.1, 0.15) is 48.8 Å². The Morgan fingerprint density at radius 1 is 1.11 bits per heavy atom. The molecule has 2 fully saturated rings. The summed E-state index contributed by atoms with van der Waals surface area (Å²) >= 11 is 0. The minimum absolute atomic E-state index is 0.0108. The largest absolute Gasteiger partial charge is 0.497 e. The van der Waals surface area contributed by atoms with Gasteiger partial charge in [0.1, 0.15) is 16.9 Å². The van der Waals surface area contributed by atoms with Gasteiger partial charge in [0.15, 0.2) is 0 Å². The van der Waals surface area contributed by atoms with Crippen molar-refractivity contribution in [3.05, 3.63) is 63.7 Å². The molecule has 1 saturated heterocycles. The fourth-order valence-electron chi connectivity index (χ4n) is 6.46. The molecule has 4 aromatic rings. The van der Waals surface area contributed by atoms with Crippen molar-refractivity contribution in [2.24, 2.45) is 5.92 Å². The van der Waals surface area contributed by atoms with Gasteiger partial charge in [0.25, 0.3) is 0 Å². The quantitative estimate of drug-likeness (QED) is 0.360. The Balaban J connectivity index is 1.36. The highest BCUT2D eigenvalue weighted by Crippen LogP contribution is 2.40. The number of aryl methyl sites for hydroxylation is 2. The van der Waals surface area contributed by atoms with E-state index >= 15 is 0 Å². The number of likely N-dealkylation sites (tertiary alicyclic amines) is 1. The van der Waals surface area contributed by atoms with Gasteiger partial charge in [-0.3, -0.25) is 4.79 Å². The third kappa shape index (κ3) is 4.00. The van der Waals surface area contributed by atoms with E-state index in [0.29, 0.717) is 36.2 Å². The molecule has 6 rings (SSSR count). The fraction of sp³-hybridized carbons (Fsp3) is 0.419. The first-order chi connectivity index (χ1) is 18.3. The van der Waals surface area contributed by atoms with Crippen molar-refractivity contribution < 1.29 is 23.5 Å². The Bertz CT molecular complexity index is 1600. The maximum absolute atomic E-state index is 13.4. The number of nitrogens with zero attached hydrogens (tertiary/aromatic N) is 1. The maximum Gasteiger partial charge on any atom is 0.340 e. The van der Waals surface area contributed by atoms with Crippen molar-refractivity contribution >= 4 is 27.8 Å². The van der Waals surface area contributed by atoms with Gasteiger partial charge in [-0.1, -0.05) is 25.0 Å². The molecule has 198 valence electrons. The van der Waals surface area contributed by atoms with Gasteiger partial charge in [0, 0.05) is 40.9 Å². The van der Waals surface area contributed by atoms with Crippen molar-refractivity contribution in [2.45, 2.75) is 58.0 Å². The second kappa shape index (κ2) is 9.31. The van der Waals surface area contributed by atoms with Gasteiger partial charge >= 0.3 is 5.63 Å².